The summed E-state index contributed by atoms with van der Waals surface area (Å²) in [5, 5.41) is 8.98. The summed E-state index contributed by atoms with van der Waals surface area (Å²) in [6, 6.07) is 20.6. The summed E-state index contributed by atoms with van der Waals surface area (Å²) in [7, 11) is 0. The molecule has 4 aromatic rings. The zero-order chi connectivity index (χ0) is 39.3. The van der Waals surface area contributed by atoms with Gasteiger partial charge in [0.15, 0.2) is 0 Å². The third kappa shape index (κ3) is 11.0. The minimum Gasteiger partial charge on any atom is -0.472 e. The summed E-state index contributed by atoms with van der Waals surface area (Å²) in [5.41, 5.74) is 28.1. The average molecular weight is 747 g/mol. The van der Waals surface area contributed by atoms with Gasteiger partial charge in [-0.1, -0.05) is 18.2 Å². The molecule has 0 radical (unpaired) electrons. The number of rotatable bonds is 10. The first kappa shape index (κ1) is 40.2. The molecule has 2 atom stereocenters. The predicted molar refractivity (Wildman–Crippen MR) is 214 cm³/mol. The molecule has 5 heterocycles. The van der Waals surface area contributed by atoms with E-state index in [4.69, 9.17) is 37.7 Å². The predicted octanol–water partition coefficient (Wildman–Crippen LogP) is 3.65. The van der Waals surface area contributed by atoms with Crippen LogP contribution in [0.2, 0.25) is 0 Å². The summed E-state index contributed by atoms with van der Waals surface area (Å²) >= 11 is 0. The van der Waals surface area contributed by atoms with E-state index in [9.17, 15) is 9.59 Å². The van der Waals surface area contributed by atoms with E-state index < -0.39 is 11.8 Å². The Morgan fingerprint density at radius 2 is 1.31 bits per heavy atom. The molecule has 7 rings (SSSR count). The first-order chi connectivity index (χ1) is 26.6. The molecule has 14 heteroatoms. The van der Waals surface area contributed by atoms with Crippen LogP contribution in [0.5, 0.6) is 11.8 Å². The molecule has 14 nitrogen and oxygen atoms in total. The lowest BCUT2D eigenvalue weighted by molar-refractivity contribution is 0.0992. The number of anilines is 2. The van der Waals surface area contributed by atoms with Crippen molar-refractivity contribution in [3.8, 4) is 17.8 Å². The van der Waals surface area contributed by atoms with E-state index in [0.717, 1.165) is 79.1 Å². The second kappa shape index (κ2) is 19.3. The molecular weight excluding hydrogens is 697 g/mol. The van der Waals surface area contributed by atoms with Gasteiger partial charge in [-0.05, 0) is 73.7 Å². The van der Waals surface area contributed by atoms with Crippen molar-refractivity contribution in [2.75, 3.05) is 55.6 Å². The molecule has 0 bridgehead atoms. The Labute approximate surface area is 322 Å². The molecule has 0 spiro atoms. The van der Waals surface area contributed by atoms with Gasteiger partial charge in [0.2, 0.25) is 11.8 Å². The molecule has 3 aliphatic heterocycles. The quantitative estimate of drug-likeness (QED) is 0.183. The molecule has 55 heavy (non-hydrogen) atoms. The second-order valence-corrected chi connectivity index (χ2v) is 13.6. The Balaban J connectivity index is 0.000000194. The SMILES string of the molecule is Cc1ccc(O[C@@H]2CCN(c3ccc(C#N)cc3C(N)=O)C2)nc1.Cc1ccc(O[C@@H]2CCN(c3ccc(C4=NCCC4)cc3C(N)=O)C2)nc1.NCCN. The number of carbonyl (C=O) groups is 2. The van der Waals surface area contributed by atoms with Crippen LogP contribution in [-0.2, 0) is 0 Å². The lowest BCUT2D eigenvalue weighted by Crippen LogP contribution is -2.27. The van der Waals surface area contributed by atoms with Crippen molar-refractivity contribution in [1.82, 2.24) is 9.97 Å². The summed E-state index contributed by atoms with van der Waals surface area (Å²) in [5.74, 6) is 0.293. The highest BCUT2D eigenvalue weighted by Gasteiger charge is 2.29. The van der Waals surface area contributed by atoms with Crippen molar-refractivity contribution in [1.29, 1.82) is 5.26 Å². The Hall–Kier alpha value is -6.04. The molecule has 2 fully saturated rings. The summed E-state index contributed by atoms with van der Waals surface area (Å²) in [4.78, 5) is 41.1. The first-order valence-corrected chi connectivity index (χ1v) is 18.5. The monoisotopic (exact) mass is 746 g/mol. The molecule has 2 saturated heterocycles. The van der Waals surface area contributed by atoms with E-state index in [1.165, 1.54) is 6.07 Å². The van der Waals surface area contributed by atoms with Crippen LogP contribution in [0, 0.1) is 25.2 Å². The van der Waals surface area contributed by atoms with Crippen molar-refractivity contribution in [2.24, 2.45) is 27.9 Å². The molecule has 2 amide bonds. The minimum atomic E-state index is -0.535. The molecular formula is C41H50N10O4. The number of hydrogen-bond donors (Lipinski definition) is 4. The number of aryl methyl sites for hydroxylation is 2. The molecule has 0 saturated carbocycles. The van der Waals surface area contributed by atoms with Crippen molar-refractivity contribution < 1.29 is 19.1 Å². The van der Waals surface area contributed by atoms with Gasteiger partial charge in [-0.15, -0.1) is 0 Å². The van der Waals surface area contributed by atoms with Crippen LogP contribution in [0.1, 0.15) is 68.7 Å². The number of primary amides is 2. The Morgan fingerprint density at radius 1 is 0.782 bits per heavy atom. The lowest BCUT2D eigenvalue weighted by Gasteiger charge is -2.22. The number of nitrogens with zero attached hydrogens (tertiary/aromatic N) is 6. The fraction of sp³-hybridized carbons (Fsp3) is 0.366. The summed E-state index contributed by atoms with van der Waals surface area (Å²) in [6.45, 7) is 8.95. The summed E-state index contributed by atoms with van der Waals surface area (Å²) < 4.78 is 11.9. The van der Waals surface area contributed by atoms with Gasteiger partial charge in [0.25, 0.3) is 11.8 Å². The number of benzene rings is 2. The number of aromatic nitrogens is 2. The third-order valence-corrected chi connectivity index (χ3v) is 9.34. The van der Waals surface area contributed by atoms with E-state index >= 15 is 0 Å². The van der Waals surface area contributed by atoms with Crippen LogP contribution >= 0.6 is 0 Å². The Kier molecular flexibility index (Phi) is 14.1. The second-order valence-electron chi connectivity index (χ2n) is 13.6. The van der Waals surface area contributed by atoms with Crippen molar-refractivity contribution in [3.05, 3.63) is 106 Å². The number of hydrogen-bond acceptors (Lipinski definition) is 12. The lowest BCUT2D eigenvalue weighted by atomic mass is 10.0. The van der Waals surface area contributed by atoms with Crippen LogP contribution < -0.4 is 42.2 Å². The number of aliphatic imine (C=N–C) groups is 1. The van der Waals surface area contributed by atoms with E-state index in [1.807, 2.05) is 62.4 Å². The topological polar surface area (TPSA) is 225 Å². The van der Waals surface area contributed by atoms with Gasteiger partial charge in [0.05, 0.1) is 35.8 Å². The van der Waals surface area contributed by atoms with Crippen LogP contribution in [-0.4, -0.2) is 85.5 Å². The van der Waals surface area contributed by atoms with Crippen molar-refractivity contribution in [3.63, 3.8) is 0 Å². The Morgan fingerprint density at radius 3 is 1.75 bits per heavy atom. The summed E-state index contributed by atoms with van der Waals surface area (Å²) in [6.07, 6.45) is 7.35. The fourth-order valence-corrected chi connectivity index (χ4v) is 6.52. The normalized spacial score (nSPS) is 17.3. The van der Waals surface area contributed by atoms with Crippen molar-refractivity contribution >= 4 is 28.9 Å². The van der Waals surface area contributed by atoms with Gasteiger partial charge in [-0.3, -0.25) is 14.6 Å². The van der Waals surface area contributed by atoms with Crippen LogP contribution in [0.4, 0.5) is 11.4 Å². The largest absolute Gasteiger partial charge is 0.472 e. The van der Waals surface area contributed by atoms with Crippen molar-refractivity contribution in [2.45, 2.75) is 51.7 Å². The van der Waals surface area contributed by atoms with Gasteiger partial charge < -0.3 is 42.2 Å². The zero-order valence-corrected chi connectivity index (χ0v) is 31.5. The first-order valence-electron chi connectivity index (χ1n) is 18.5. The fourth-order valence-electron chi connectivity index (χ4n) is 6.52. The van der Waals surface area contributed by atoms with Crippen LogP contribution in [0.25, 0.3) is 0 Å². The smallest absolute Gasteiger partial charge is 0.250 e. The van der Waals surface area contributed by atoms with E-state index in [-0.39, 0.29) is 12.2 Å². The van der Waals surface area contributed by atoms with Gasteiger partial charge in [-0.25, -0.2) is 9.97 Å². The number of carbonyl (C=O) groups excluding carboxylic acids is 2. The van der Waals surface area contributed by atoms with E-state index in [0.29, 0.717) is 54.6 Å². The number of amides is 2. The zero-order valence-electron chi connectivity index (χ0n) is 31.5. The van der Waals surface area contributed by atoms with E-state index in [1.54, 1.807) is 24.5 Å². The number of nitriles is 1. The van der Waals surface area contributed by atoms with Gasteiger partial charge in [0, 0.05) is 87.2 Å². The maximum absolute atomic E-state index is 12.1. The molecule has 2 aromatic carbocycles. The maximum Gasteiger partial charge on any atom is 0.250 e. The van der Waals surface area contributed by atoms with Gasteiger partial charge in [0.1, 0.15) is 12.2 Å². The third-order valence-electron chi connectivity index (χ3n) is 9.34. The maximum atomic E-state index is 12.1. The highest BCUT2D eigenvalue weighted by atomic mass is 16.5. The molecule has 2 aromatic heterocycles. The number of pyridine rings is 2. The van der Waals surface area contributed by atoms with Crippen LogP contribution in [0.3, 0.4) is 0 Å². The molecule has 8 N–H and O–H groups in total. The van der Waals surface area contributed by atoms with E-state index in [2.05, 4.69) is 24.8 Å². The Bertz CT molecular complexity index is 1990. The average Bonchev–Trinajstić information content (AvgIpc) is 4.00. The molecule has 0 unspecified atom stereocenters. The standard InChI is InChI=1S/C21H24N4O2.C18H18N4O2.C2H8N2/c1-14-4-7-20(24-12-14)27-16-8-10-25(13-16)19-6-5-15(11-17(19)21(22)26)18-3-2-9-23-18;1-12-2-5-17(21-10-12)24-14-6-7-22(11-14)16-4-3-13(9-19)8-15(16)18(20)23;3-1-2-4/h4-7,11-12,16H,2-3,8-10,13H2,1H3,(H2,22,26);2-5,8,10,14H,6-7,11H2,1H3,(H2,20,23);1-4H2/t16-;14-;/m11./s1. The molecule has 3 aliphatic rings. The highest BCUT2D eigenvalue weighted by molar-refractivity contribution is 6.06. The number of nitrogens with two attached hydrogens (primary N) is 4. The molecule has 288 valence electrons. The van der Waals surface area contributed by atoms with Crippen LogP contribution in [0.15, 0.2) is 78.0 Å². The number of ether oxygens (including phenoxy) is 2. The van der Waals surface area contributed by atoms with Gasteiger partial charge >= 0.3 is 0 Å². The van der Waals surface area contributed by atoms with Gasteiger partial charge in [-0.2, -0.15) is 5.26 Å². The molecule has 0 aliphatic carbocycles. The minimum absolute atomic E-state index is 0.00317. The highest BCUT2D eigenvalue weighted by Crippen LogP contribution is 2.29.